The van der Waals surface area contributed by atoms with Crippen LogP contribution in [0.4, 0.5) is 4.39 Å². The Morgan fingerprint density at radius 3 is 2.28 bits per heavy atom. The Hall–Kier alpha value is -2.62. The number of hydrogen-bond donors (Lipinski definition) is 0. The fourth-order valence-corrected chi connectivity index (χ4v) is 4.06. The van der Waals surface area contributed by atoms with Crippen molar-refractivity contribution in [3.8, 4) is 5.75 Å². The van der Waals surface area contributed by atoms with Gasteiger partial charge in [0.2, 0.25) is 0 Å². The first-order valence-corrected chi connectivity index (χ1v) is 12.0. The van der Waals surface area contributed by atoms with Crippen LogP contribution < -0.4 is 10.4 Å². The molecular formula is C28H35FO3. The molecule has 0 aliphatic rings. The third kappa shape index (κ3) is 6.94. The molecule has 0 saturated heterocycles. The predicted molar refractivity (Wildman–Crippen MR) is 129 cm³/mol. The summed E-state index contributed by atoms with van der Waals surface area (Å²) in [6, 6.07) is 13.3. The zero-order chi connectivity index (χ0) is 22.8. The van der Waals surface area contributed by atoms with Crippen molar-refractivity contribution in [3.63, 3.8) is 0 Å². The first kappa shape index (κ1) is 24.0. The molecule has 3 aromatic rings. The Kier molecular flexibility index (Phi) is 9.33. The van der Waals surface area contributed by atoms with Gasteiger partial charge in [0.25, 0.3) is 0 Å². The van der Waals surface area contributed by atoms with E-state index in [0.717, 1.165) is 24.3 Å². The van der Waals surface area contributed by atoms with Crippen molar-refractivity contribution >= 4 is 10.8 Å². The van der Waals surface area contributed by atoms with Crippen LogP contribution in [0.1, 0.15) is 75.2 Å². The van der Waals surface area contributed by atoms with Gasteiger partial charge in [0.1, 0.15) is 22.7 Å². The average molecular weight is 439 g/mol. The van der Waals surface area contributed by atoms with Crippen molar-refractivity contribution < 1.29 is 13.5 Å². The molecule has 2 aromatic carbocycles. The molecule has 3 rings (SSSR count). The highest BCUT2D eigenvalue weighted by Gasteiger charge is 2.12. The standard InChI is InChI=1S/C28H35FO3/c1-3-4-5-6-7-8-9-10-19-31-25-17-12-22(13-18-25)11-14-23-15-16-24-20-21(2)32-28(30)26(24)27(23)29/h12-13,15-18,20H,3-11,14,19H2,1-2H3. The smallest absolute Gasteiger partial charge is 0.346 e. The molecule has 1 aromatic heterocycles. The maximum atomic E-state index is 14.9. The van der Waals surface area contributed by atoms with Gasteiger partial charge in [-0.1, -0.05) is 76.1 Å². The van der Waals surface area contributed by atoms with Crippen molar-refractivity contribution in [3.05, 3.63) is 75.6 Å². The number of halogens is 1. The summed E-state index contributed by atoms with van der Waals surface area (Å²) in [6.07, 6.45) is 11.5. The van der Waals surface area contributed by atoms with Gasteiger partial charge in [-0.25, -0.2) is 9.18 Å². The Balaban J connectivity index is 1.43. The monoisotopic (exact) mass is 438 g/mol. The van der Waals surface area contributed by atoms with Crippen LogP contribution in [-0.2, 0) is 12.8 Å². The molecule has 0 atom stereocenters. The Labute approximate surface area is 190 Å². The third-order valence-corrected chi connectivity index (χ3v) is 5.94. The van der Waals surface area contributed by atoms with Crippen LogP contribution in [-0.4, -0.2) is 6.61 Å². The van der Waals surface area contributed by atoms with Gasteiger partial charge in [0.15, 0.2) is 0 Å². The van der Waals surface area contributed by atoms with Crippen molar-refractivity contribution in [1.82, 2.24) is 0 Å². The molecule has 0 amide bonds. The number of aryl methyl sites for hydroxylation is 3. The molecule has 0 saturated carbocycles. The minimum atomic E-state index is -0.614. The molecule has 32 heavy (non-hydrogen) atoms. The zero-order valence-electron chi connectivity index (χ0n) is 19.4. The lowest BCUT2D eigenvalue weighted by atomic mass is 10.0. The van der Waals surface area contributed by atoms with Crippen molar-refractivity contribution in [1.29, 1.82) is 0 Å². The van der Waals surface area contributed by atoms with Crippen LogP contribution in [0, 0.1) is 12.7 Å². The van der Waals surface area contributed by atoms with E-state index in [2.05, 4.69) is 6.92 Å². The van der Waals surface area contributed by atoms with Crippen LogP contribution in [0.2, 0.25) is 0 Å². The van der Waals surface area contributed by atoms with E-state index in [-0.39, 0.29) is 5.39 Å². The lowest BCUT2D eigenvalue weighted by Crippen LogP contribution is -2.06. The summed E-state index contributed by atoms with van der Waals surface area (Å²) in [4.78, 5) is 12.1. The number of ether oxygens (including phenoxy) is 1. The maximum Gasteiger partial charge on any atom is 0.346 e. The summed E-state index contributed by atoms with van der Waals surface area (Å²) in [5.41, 5.74) is 1.03. The van der Waals surface area contributed by atoms with Crippen molar-refractivity contribution in [2.45, 2.75) is 78.1 Å². The minimum absolute atomic E-state index is 0.0396. The molecular weight excluding hydrogens is 403 g/mol. The lowest BCUT2D eigenvalue weighted by molar-refractivity contribution is 0.304. The van der Waals surface area contributed by atoms with E-state index in [4.69, 9.17) is 9.15 Å². The van der Waals surface area contributed by atoms with Crippen LogP contribution >= 0.6 is 0 Å². The van der Waals surface area contributed by atoms with E-state index < -0.39 is 11.4 Å². The first-order chi connectivity index (χ1) is 15.6. The van der Waals surface area contributed by atoms with E-state index in [1.54, 1.807) is 25.1 Å². The summed E-state index contributed by atoms with van der Waals surface area (Å²) in [6.45, 7) is 4.69. The van der Waals surface area contributed by atoms with Crippen molar-refractivity contribution in [2.24, 2.45) is 0 Å². The number of hydrogen-bond acceptors (Lipinski definition) is 3. The molecule has 0 spiro atoms. The summed E-state index contributed by atoms with van der Waals surface area (Å²) in [5, 5.41) is 0.621. The molecule has 0 aliphatic heterocycles. The van der Waals surface area contributed by atoms with Crippen molar-refractivity contribution in [2.75, 3.05) is 6.61 Å². The molecule has 0 unspecified atom stereocenters. The quantitative estimate of drug-likeness (QED) is 0.259. The topological polar surface area (TPSA) is 39.4 Å². The van der Waals surface area contributed by atoms with E-state index in [1.165, 1.54) is 44.9 Å². The van der Waals surface area contributed by atoms with E-state index >= 15 is 0 Å². The van der Waals surface area contributed by atoms with Crippen LogP contribution in [0.5, 0.6) is 5.75 Å². The second kappa shape index (κ2) is 12.4. The molecule has 172 valence electrons. The highest BCUT2D eigenvalue weighted by molar-refractivity contribution is 5.82. The molecule has 0 bridgehead atoms. The lowest BCUT2D eigenvalue weighted by Gasteiger charge is -2.09. The number of benzene rings is 2. The normalized spacial score (nSPS) is 11.2. The molecule has 0 radical (unpaired) electrons. The third-order valence-electron chi connectivity index (χ3n) is 5.94. The second-order valence-electron chi connectivity index (χ2n) is 8.61. The number of fused-ring (bicyclic) bond motifs is 1. The largest absolute Gasteiger partial charge is 0.494 e. The molecule has 1 heterocycles. The highest BCUT2D eigenvalue weighted by atomic mass is 19.1. The van der Waals surface area contributed by atoms with Crippen LogP contribution in [0.15, 0.2) is 51.7 Å². The van der Waals surface area contributed by atoms with E-state index in [1.807, 2.05) is 24.3 Å². The summed E-state index contributed by atoms with van der Waals surface area (Å²) < 4.78 is 25.8. The molecule has 0 aliphatic carbocycles. The first-order valence-electron chi connectivity index (χ1n) is 12.0. The number of rotatable bonds is 13. The molecule has 4 heteroatoms. The summed E-state index contributed by atoms with van der Waals surface area (Å²) in [7, 11) is 0. The fourth-order valence-electron chi connectivity index (χ4n) is 4.06. The number of unbranched alkanes of at least 4 members (excludes halogenated alkanes) is 7. The van der Waals surface area contributed by atoms with Gasteiger partial charge in [-0.15, -0.1) is 0 Å². The van der Waals surface area contributed by atoms with Gasteiger partial charge >= 0.3 is 5.63 Å². The molecule has 0 N–H and O–H groups in total. The van der Waals surface area contributed by atoms with Gasteiger partial charge in [0, 0.05) is 0 Å². The Morgan fingerprint density at radius 1 is 0.875 bits per heavy atom. The summed E-state index contributed by atoms with van der Waals surface area (Å²) >= 11 is 0. The Bertz CT molecular complexity index is 1040. The average Bonchev–Trinajstić information content (AvgIpc) is 2.78. The zero-order valence-corrected chi connectivity index (χ0v) is 19.4. The predicted octanol–water partition coefficient (Wildman–Crippen LogP) is 7.55. The fraction of sp³-hybridized carbons (Fsp3) is 0.464. The van der Waals surface area contributed by atoms with Gasteiger partial charge < -0.3 is 9.15 Å². The summed E-state index contributed by atoms with van der Waals surface area (Å²) in [5.74, 6) is 0.891. The minimum Gasteiger partial charge on any atom is -0.494 e. The van der Waals surface area contributed by atoms with Crippen LogP contribution in [0.25, 0.3) is 10.8 Å². The highest BCUT2D eigenvalue weighted by Crippen LogP contribution is 2.21. The SMILES string of the molecule is CCCCCCCCCCOc1ccc(CCc2ccc3cc(C)oc(=O)c3c2F)cc1. The van der Waals surface area contributed by atoms with E-state index in [0.29, 0.717) is 29.6 Å². The van der Waals surface area contributed by atoms with Gasteiger partial charge in [0.05, 0.1) is 6.61 Å². The Morgan fingerprint density at radius 2 is 1.56 bits per heavy atom. The molecule has 3 nitrogen and oxygen atoms in total. The van der Waals surface area contributed by atoms with Gasteiger partial charge in [-0.3, -0.25) is 0 Å². The van der Waals surface area contributed by atoms with Crippen LogP contribution in [0.3, 0.4) is 0 Å². The van der Waals surface area contributed by atoms with Gasteiger partial charge in [-0.05, 0) is 60.9 Å². The van der Waals surface area contributed by atoms with Gasteiger partial charge in [-0.2, -0.15) is 0 Å². The molecule has 0 fully saturated rings. The van der Waals surface area contributed by atoms with E-state index in [9.17, 15) is 9.18 Å². The second-order valence-corrected chi connectivity index (χ2v) is 8.61. The maximum absolute atomic E-state index is 14.9.